The summed E-state index contributed by atoms with van der Waals surface area (Å²) in [6.45, 7) is 7.32. The van der Waals surface area contributed by atoms with E-state index in [4.69, 9.17) is 0 Å². The number of aliphatic hydroxyl groups is 1. The second-order valence-electron chi connectivity index (χ2n) is 4.81. The van der Waals surface area contributed by atoms with Crippen LogP contribution in [0.25, 0.3) is 0 Å². The maximum atomic E-state index is 12.9. The first-order valence-corrected chi connectivity index (χ1v) is 4.96. The van der Waals surface area contributed by atoms with Crippen molar-refractivity contribution in [2.45, 2.75) is 51.1 Å². The molecule has 1 saturated carbocycles. The zero-order valence-corrected chi connectivity index (χ0v) is 8.82. The van der Waals surface area contributed by atoms with E-state index in [-0.39, 0.29) is 25.7 Å². The van der Waals surface area contributed by atoms with Crippen molar-refractivity contribution in [2.75, 3.05) is 0 Å². The number of rotatable bonds is 2. The van der Waals surface area contributed by atoms with Gasteiger partial charge in [0.2, 0.25) is 5.92 Å². The Balaban J connectivity index is 2.76. The second kappa shape index (κ2) is 3.30. The lowest BCUT2D eigenvalue weighted by Crippen LogP contribution is -2.48. The molecule has 0 aromatic carbocycles. The molecule has 3 heteroatoms. The van der Waals surface area contributed by atoms with Crippen molar-refractivity contribution >= 4 is 0 Å². The van der Waals surface area contributed by atoms with Crippen LogP contribution in [-0.4, -0.2) is 16.6 Å². The smallest absolute Gasteiger partial charge is 0.248 e. The Labute approximate surface area is 83.8 Å². The zero-order chi connectivity index (χ0) is 11.0. The summed E-state index contributed by atoms with van der Waals surface area (Å²) in [5.41, 5.74) is -1.51. The van der Waals surface area contributed by atoms with E-state index >= 15 is 0 Å². The van der Waals surface area contributed by atoms with Gasteiger partial charge in [0, 0.05) is 18.3 Å². The summed E-state index contributed by atoms with van der Waals surface area (Å²) in [6.07, 6.45) is 1.51. The van der Waals surface area contributed by atoms with E-state index in [1.54, 1.807) is 6.08 Å². The Bertz CT molecular complexity index is 223. The van der Waals surface area contributed by atoms with Gasteiger partial charge in [-0.05, 0) is 12.8 Å². The van der Waals surface area contributed by atoms with Crippen molar-refractivity contribution in [1.29, 1.82) is 0 Å². The summed E-state index contributed by atoms with van der Waals surface area (Å²) < 4.78 is 25.8. The Morgan fingerprint density at radius 3 is 2.00 bits per heavy atom. The van der Waals surface area contributed by atoms with E-state index in [2.05, 4.69) is 6.58 Å². The predicted octanol–water partition coefficient (Wildman–Crippen LogP) is 3.14. The minimum Gasteiger partial charge on any atom is -0.389 e. The van der Waals surface area contributed by atoms with E-state index in [1.807, 2.05) is 13.8 Å². The Morgan fingerprint density at radius 2 is 1.64 bits per heavy atom. The van der Waals surface area contributed by atoms with Crippen LogP contribution >= 0.6 is 0 Å². The molecule has 82 valence electrons. The average Bonchev–Trinajstić information content (AvgIpc) is 2.10. The van der Waals surface area contributed by atoms with Gasteiger partial charge in [-0.1, -0.05) is 19.9 Å². The van der Waals surface area contributed by atoms with Crippen LogP contribution < -0.4 is 0 Å². The molecule has 0 aromatic rings. The van der Waals surface area contributed by atoms with Gasteiger partial charge in [-0.25, -0.2) is 8.78 Å². The fraction of sp³-hybridized carbons (Fsp3) is 0.818. The summed E-state index contributed by atoms with van der Waals surface area (Å²) >= 11 is 0. The third-order valence-corrected chi connectivity index (χ3v) is 3.52. The number of halogens is 2. The Kier molecular flexibility index (Phi) is 2.74. The maximum Gasteiger partial charge on any atom is 0.248 e. The van der Waals surface area contributed by atoms with Crippen LogP contribution in [-0.2, 0) is 0 Å². The highest BCUT2D eigenvalue weighted by Crippen LogP contribution is 2.47. The summed E-state index contributed by atoms with van der Waals surface area (Å²) in [5.74, 6) is -2.59. The first kappa shape index (κ1) is 11.6. The van der Waals surface area contributed by atoms with Crippen LogP contribution in [0.5, 0.6) is 0 Å². The van der Waals surface area contributed by atoms with Gasteiger partial charge in [-0.3, -0.25) is 0 Å². The second-order valence-corrected chi connectivity index (χ2v) is 4.81. The normalized spacial score (nSPS) is 25.8. The van der Waals surface area contributed by atoms with Crippen molar-refractivity contribution in [3.63, 3.8) is 0 Å². The van der Waals surface area contributed by atoms with E-state index < -0.39 is 16.9 Å². The molecule has 0 saturated heterocycles. The molecule has 0 spiro atoms. The van der Waals surface area contributed by atoms with Crippen LogP contribution in [0, 0.1) is 5.41 Å². The zero-order valence-electron chi connectivity index (χ0n) is 8.82. The molecule has 1 aliphatic rings. The fourth-order valence-corrected chi connectivity index (χ4v) is 1.86. The summed E-state index contributed by atoms with van der Waals surface area (Å²) in [5, 5.41) is 10.2. The van der Waals surface area contributed by atoms with Crippen LogP contribution in [0.1, 0.15) is 39.5 Å². The quantitative estimate of drug-likeness (QED) is 0.685. The minimum atomic E-state index is -2.59. The molecule has 1 rings (SSSR count). The van der Waals surface area contributed by atoms with Gasteiger partial charge in [0.1, 0.15) is 0 Å². The molecule has 0 aromatic heterocycles. The van der Waals surface area contributed by atoms with Gasteiger partial charge in [0.25, 0.3) is 0 Å². The SMILES string of the molecule is C=CC(C)(C)C1(O)CCC(F)(F)CC1. The highest BCUT2D eigenvalue weighted by Gasteiger charge is 2.48. The van der Waals surface area contributed by atoms with Crippen molar-refractivity contribution in [3.8, 4) is 0 Å². The van der Waals surface area contributed by atoms with Crippen molar-refractivity contribution < 1.29 is 13.9 Å². The predicted molar refractivity (Wildman–Crippen MR) is 52.3 cm³/mol. The molecule has 1 N–H and O–H groups in total. The van der Waals surface area contributed by atoms with Gasteiger partial charge in [0.05, 0.1) is 5.60 Å². The van der Waals surface area contributed by atoms with Gasteiger partial charge in [0.15, 0.2) is 0 Å². The average molecular weight is 204 g/mol. The lowest BCUT2D eigenvalue weighted by molar-refractivity contribution is -0.137. The van der Waals surface area contributed by atoms with Crippen LogP contribution in [0.15, 0.2) is 12.7 Å². The van der Waals surface area contributed by atoms with E-state index in [0.717, 1.165) is 0 Å². The summed E-state index contributed by atoms with van der Waals surface area (Å²) in [6, 6.07) is 0. The van der Waals surface area contributed by atoms with E-state index in [1.165, 1.54) is 0 Å². The van der Waals surface area contributed by atoms with Crippen molar-refractivity contribution in [1.82, 2.24) is 0 Å². The topological polar surface area (TPSA) is 20.2 Å². The maximum absolute atomic E-state index is 12.9. The molecule has 1 fully saturated rings. The summed E-state index contributed by atoms with van der Waals surface area (Å²) in [7, 11) is 0. The summed E-state index contributed by atoms with van der Waals surface area (Å²) in [4.78, 5) is 0. The molecule has 0 heterocycles. The van der Waals surface area contributed by atoms with Gasteiger partial charge >= 0.3 is 0 Å². The van der Waals surface area contributed by atoms with E-state index in [9.17, 15) is 13.9 Å². The van der Waals surface area contributed by atoms with Gasteiger partial charge in [-0.2, -0.15) is 0 Å². The van der Waals surface area contributed by atoms with E-state index in [0.29, 0.717) is 0 Å². The van der Waals surface area contributed by atoms with Crippen LogP contribution in [0.4, 0.5) is 8.78 Å². The first-order valence-electron chi connectivity index (χ1n) is 4.96. The highest BCUT2D eigenvalue weighted by atomic mass is 19.3. The molecule has 0 atom stereocenters. The third kappa shape index (κ3) is 1.97. The number of alkyl halides is 2. The molecule has 0 amide bonds. The number of hydrogen-bond donors (Lipinski definition) is 1. The molecule has 0 unspecified atom stereocenters. The molecular weight excluding hydrogens is 186 g/mol. The fourth-order valence-electron chi connectivity index (χ4n) is 1.86. The molecule has 0 aliphatic heterocycles. The van der Waals surface area contributed by atoms with Crippen LogP contribution in [0.2, 0.25) is 0 Å². The largest absolute Gasteiger partial charge is 0.389 e. The number of hydrogen-bond acceptors (Lipinski definition) is 1. The highest BCUT2D eigenvalue weighted by molar-refractivity contribution is 5.05. The molecular formula is C11H18F2O. The molecule has 14 heavy (non-hydrogen) atoms. The Morgan fingerprint density at radius 1 is 1.21 bits per heavy atom. The molecule has 1 aliphatic carbocycles. The van der Waals surface area contributed by atoms with Gasteiger partial charge < -0.3 is 5.11 Å². The first-order chi connectivity index (χ1) is 6.22. The van der Waals surface area contributed by atoms with Crippen LogP contribution in [0.3, 0.4) is 0 Å². The minimum absolute atomic E-state index is 0.152. The van der Waals surface area contributed by atoms with Crippen molar-refractivity contribution in [2.24, 2.45) is 5.41 Å². The van der Waals surface area contributed by atoms with Gasteiger partial charge in [-0.15, -0.1) is 6.58 Å². The standard InChI is InChI=1S/C11H18F2O/c1-4-9(2,3)10(14)5-7-11(12,13)8-6-10/h4,14H,1,5-8H2,2-3H3. The molecule has 0 bridgehead atoms. The molecule has 1 nitrogen and oxygen atoms in total. The molecule has 0 radical (unpaired) electrons. The van der Waals surface area contributed by atoms with Crippen molar-refractivity contribution in [3.05, 3.63) is 12.7 Å². The lowest BCUT2D eigenvalue weighted by Gasteiger charge is -2.45. The lowest BCUT2D eigenvalue weighted by atomic mass is 9.66. The Hall–Kier alpha value is -0.440. The monoisotopic (exact) mass is 204 g/mol. The third-order valence-electron chi connectivity index (χ3n) is 3.52.